The summed E-state index contributed by atoms with van der Waals surface area (Å²) < 4.78 is 12.1. The largest absolute Gasteiger partial charge is 0.493 e. The zero-order chi connectivity index (χ0) is 21.3. The lowest BCUT2D eigenvalue weighted by molar-refractivity contribution is -0.120. The van der Waals surface area contributed by atoms with Crippen molar-refractivity contribution in [2.45, 2.75) is 13.0 Å². The second-order valence-corrected chi connectivity index (χ2v) is 7.62. The van der Waals surface area contributed by atoms with Crippen molar-refractivity contribution in [3.8, 4) is 11.5 Å². The van der Waals surface area contributed by atoms with Crippen LogP contribution >= 0.6 is 27.5 Å². The summed E-state index contributed by atoms with van der Waals surface area (Å²) in [6, 6.07) is 20.6. The number of carbonyl (C=O) groups is 1. The molecule has 0 aliphatic carbocycles. The van der Waals surface area contributed by atoms with Crippen molar-refractivity contribution < 1.29 is 14.3 Å². The molecule has 1 N–H and O–H groups in total. The monoisotopic (exact) mass is 486 g/mol. The van der Waals surface area contributed by atoms with E-state index in [1.165, 1.54) is 0 Å². The van der Waals surface area contributed by atoms with Gasteiger partial charge in [-0.25, -0.2) is 5.43 Å². The number of carbonyl (C=O) groups excluding carboxylic acids is 1. The molecule has 0 saturated carbocycles. The average molecular weight is 488 g/mol. The second kappa shape index (κ2) is 10.8. The van der Waals surface area contributed by atoms with Crippen LogP contribution in [0.3, 0.4) is 0 Å². The number of benzene rings is 3. The van der Waals surface area contributed by atoms with Crippen LogP contribution in [0.5, 0.6) is 11.5 Å². The number of hydrogen-bond acceptors (Lipinski definition) is 4. The fourth-order valence-electron chi connectivity index (χ4n) is 2.69. The van der Waals surface area contributed by atoms with E-state index in [-0.39, 0.29) is 12.3 Å². The van der Waals surface area contributed by atoms with Gasteiger partial charge in [-0.3, -0.25) is 4.79 Å². The molecule has 0 saturated heterocycles. The molecule has 3 rings (SSSR count). The molecule has 5 nitrogen and oxygen atoms in total. The first-order chi connectivity index (χ1) is 14.6. The number of ether oxygens (including phenoxy) is 2. The summed E-state index contributed by atoms with van der Waals surface area (Å²) in [4.78, 5) is 12.0. The Kier molecular flexibility index (Phi) is 7.88. The zero-order valence-corrected chi connectivity index (χ0v) is 18.6. The molecule has 1 amide bonds. The van der Waals surface area contributed by atoms with Gasteiger partial charge < -0.3 is 9.47 Å². The quantitative estimate of drug-likeness (QED) is 0.343. The minimum Gasteiger partial charge on any atom is -0.493 e. The van der Waals surface area contributed by atoms with Crippen molar-refractivity contribution in [3.63, 3.8) is 0 Å². The third-order valence-corrected chi connectivity index (χ3v) is 5.28. The van der Waals surface area contributed by atoms with E-state index in [0.29, 0.717) is 23.1 Å². The first-order valence-electron chi connectivity index (χ1n) is 9.16. The van der Waals surface area contributed by atoms with Gasteiger partial charge in [0, 0.05) is 20.6 Å². The first kappa shape index (κ1) is 21.9. The number of hydrazone groups is 1. The van der Waals surface area contributed by atoms with Crippen LogP contribution in [0.25, 0.3) is 0 Å². The highest BCUT2D eigenvalue weighted by molar-refractivity contribution is 9.10. The van der Waals surface area contributed by atoms with Gasteiger partial charge in [0.1, 0.15) is 6.61 Å². The molecule has 0 fully saturated rings. The van der Waals surface area contributed by atoms with Crippen LogP contribution in [0.4, 0.5) is 0 Å². The number of amides is 1. The molecule has 0 bridgehead atoms. The third-order valence-electron chi connectivity index (χ3n) is 4.22. The molecular weight excluding hydrogens is 468 g/mol. The van der Waals surface area contributed by atoms with E-state index in [1.54, 1.807) is 25.5 Å². The van der Waals surface area contributed by atoms with Crippen LogP contribution in [0, 0.1) is 0 Å². The fourth-order valence-corrected chi connectivity index (χ4v) is 3.30. The van der Waals surface area contributed by atoms with Crippen molar-refractivity contribution >= 4 is 39.7 Å². The van der Waals surface area contributed by atoms with Gasteiger partial charge in [0.05, 0.1) is 19.7 Å². The lowest BCUT2D eigenvalue weighted by Gasteiger charge is -2.13. The van der Waals surface area contributed by atoms with Gasteiger partial charge >= 0.3 is 0 Å². The van der Waals surface area contributed by atoms with E-state index in [0.717, 1.165) is 21.2 Å². The Morgan fingerprint density at radius 1 is 1.10 bits per heavy atom. The Morgan fingerprint density at radius 3 is 2.57 bits per heavy atom. The predicted octanol–water partition coefficient (Wildman–Crippen LogP) is 5.38. The summed E-state index contributed by atoms with van der Waals surface area (Å²) in [5, 5.41) is 4.68. The Balaban J connectivity index is 1.65. The molecule has 154 valence electrons. The van der Waals surface area contributed by atoms with Gasteiger partial charge in [-0.05, 0) is 39.7 Å². The minimum atomic E-state index is -0.194. The van der Waals surface area contributed by atoms with Crippen molar-refractivity contribution in [3.05, 3.63) is 92.9 Å². The number of hydrogen-bond donors (Lipinski definition) is 1. The smallest absolute Gasteiger partial charge is 0.244 e. The average Bonchev–Trinajstić information content (AvgIpc) is 2.75. The van der Waals surface area contributed by atoms with E-state index in [2.05, 4.69) is 26.5 Å². The summed E-state index contributed by atoms with van der Waals surface area (Å²) in [7, 11) is 1.56. The maximum Gasteiger partial charge on any atom is 0.244 e. The lowest BCUT2D eigenvalue weighted by Crippen LogP contribution is -2.19. The predicted molar refractivity (Wildman–Crippen MR) is 122 cm³/mol. The molecule has 0 unspecified atom stereocenters. The molecule has 0 aliphatic rings. The van der Waals surface area contributed by atoms with Crippen molar-refractivity contribution in [2.24, 2.45) is 5.10 Å². The standard InChI is InChI=1S/C23H20BrClN2O3/c1-29-21-12-18(14-26-27-23(28)11-16-7-3-2-4-8-16)19(24)13-22(21)30-15-17-9-5-6-10-20(17)25/h2-10,12-14H,11,15H2,1H3,(H,27,28)/b26-14+. The van der Waals surface area contributed by atoms with Crippen molar-refractivity contribution in [2.75, 3.05) is 7.11 Å². The molecule has 0 radical (unpaired) electrons. The third kappa shape index (κ3) is 6.08. The summed E-state index contributed by atoms with van der Waals surface area (Å²) >= 11 is 9.69. The molecule has 0 atom stereocenters. The molecule has 3 aromatic carbocycles. The highest BCUT2D eigenvalue weighted by atomic mass is 79.9. The lowest BCUT2D eigenvalue weighted by atomic mass is 10.1. The highest BCUT2D eigenvalue weighted by Crippen LogP contribution is 2.33. The minimum absolute atomic E-state index is 0.194. The summed E-state index contributed by atoms with van der Waals surface area (Å²) in [5.74, 6) is 0.914. The number of methoxy groups -OCH3 is 1. The van der Waals surface area contributed by atoms with E-state index in [4.69, 9.17) is 21.1 Å². The Bertz CT molecular complexity index is 1040. The SMILES string of the molecule is COc1cc(/C=N/NC(=O)Cc2ccccc2)c(Br)cc1OCc1ccccc1Cl. The molecule has 0 heterocycles. The van der Waals surface area contributed by atoms with Gasteiger partial charge in [-0.2, -0.15) is 5.10 Å². The maximum absolute atomic E-state index is 12.0. The number of rotatable bonds is 8. The van der Waals surface area contributed by atoms with E-state index in [1.807, 2.05) is 54.6 Å². The Morgan fingerprint density at radius 2 is 1.83 bits per heavy atom. The van der Waals surface area contributed by atoms with Gasteiger partial charge in [-0.1, -0.05) is 60.1 Å². The normalized spacial score (nSPS) is 10.8. The maximum atomic E-state index is 12.0. The van der Waals surface area contributed by atoms with Gasteiger partial charge in [0.25, 0.3) is 0 Å². The molecule has 0 aromatic heterocycles. The second-order valence-electron chi connectivity index (χ2n) is 6.36. The number of nitrogens with one attached hydrogen (secondary N) is 1. The van der Waals surface area contributed by atoms with Gasteiger partial charge in [-0.15, -0.1) is 0 Å². The van der Waals surface area contributed by atoms with Crippen LogP contribution in [-0.2, 0) is 17.8 Å². The van der Waals surface area contributed by atoms with E-state index in [9.17, 15) is 4.79 Å². The topological polar surface area (TPSA) is 59.9 Å². The van der Waals surface area contributed by atoms with Gasteiger partial charge in [0.15, 0.2) is 11.5 Å². The molecule has 0 aliphatic heterocycles. The highest BCUT2D eigenvalue weighted by Gasteiger charge is 2.11. The molecule has 7 heteroatoms. The van der Waals surface area contributed by atoms with Crippen LogP contribution in [0.2, 0.25) is 5.02 Å². The van der Waals surface area contributed by atoms with Gasteiger partial charge in [0.2, 0.25) is 5.91 Å². The van der Waals surface area contributed by atoms with Crippen molar-refractivity contribution in [1.82, 2.24) is 5.43 Å². The Hall–Kier alpha value is -2.83. The first-order valence-corrected chi connectivity index (χ1v) is 10.3. The van der Waals surface area contributed by atoms with Crippen molar-refractivity contribution in [1.29, 1.82) is 0 Å². The molecule has 0 spiro atoms. The summed E-state index contributed by atoms with van der Waals surface area (Å²) in [5.41, 5.74) is 5.07. The van der Waals surface area contributed by atoms with Crippen LogP contribution in [-0.4, -0.2) is 19.2 Å². The zero-order valence-electron chi connectivity index (χ0n) is 16.3. The molecule has 3 aromatic rings. The number of halogens is 2. The molecular formula is C23H20BrClN2O3. The van der Waals surface area contributed by atoms with Crippen LogP contribution in [0.15, 0.2) is 76.3 Å². The Labute approximate surface area is 188 Å². The summed E-state index contributed by atoms with van der Waals surface area (Å²) in [6.45, 7) is 0.311. The van der Waals surface area contributed by atoms with Crippen LogP contribution in [0.1, 0.15) is 16.7 Å². The van der Waals surface area contributed by atoms with E-state index < -0.39 is 0 Å². The summed E-state index contributed by atoms with van der Waals surface area (Å²) in [6.07, 6.45) is 1.81. The number of nitrogens with zero attached hydrogens (tertiary/aromatic N) is 1. The van der Waals surface area contributed by atoms with E-state index >= 15 is 0 Å². The van der Waals surface area contributed by atoms with Crippen LogP contribution < -0.4 is 14.9 Å². The fraction of sp³-hybridized carbons (Fsp3) is 0.130. The molecule has 30 heavy (non-hydrogen) atoms.